The third-order valence-electron chi connectivity index (χ3n) is 11.1. The van der Waals surface area contributed by atoms with Crippen LogP contribution in [-0.4, -0.2) is 43.8 Å². The fraction of sp³-hybridized carbons (Fsp3) is 0.143. The summed E-state index contributed by atoms with van der Waals surface area (Å²) in [4.78, 5) is 69.7. The molecule has 0 saturated heterocycles. The molecule has 4 aromatic carbocycles. The molecular formula is C56H44N12O8. The lowest BCUT2D eigenvalue weighted by Gasteiger charge is -2.22. The molecule has 4 aromatic heterocycles. The summed E-state index contributed by atoms with van der Waals surface area (Å²) < 4.78 is 24.6. The van der Waals surface area contributed by atoms with E-state index in [4.69, 9.17) is 18.9 Å². The van der Waals surface area contributed by atoms with Crippen molar-refractivity contribution in [3.05, 3.63) is 191 Å². The molecule has 0 aliphatic heterocycles. The fourth-order valence-electron chi connectivity index (χ4n) is 8.26. The van der Waals surface area contributed by atoms with Crippen molar-refractivity contribution in [3.63, 3.8) is 0 Å². The first kappa shape index (κ1) is 50.7. The largest absolute Gasteiger partial charge is 0.426 e. The van der Waals surface area contributed by atoms with Gasteiger partial charge in [-0.2, -0.15) is 20.5 Å². The van der Waals surface area contributed by atoms with Crippen LogP contribution < -0.4 is 18.9 Å². The zero-order valence-electron chi connectivity index (χ0n) is 41.3. The number of pyridine rings is 4. The second kappa shape index (κ2) is 23.5. The van der Waals surface area contributed by atoms with E-state index in [-0.39, 0.29) is 48.7 Å². The average molecular weight is 1010 g/mol. The topological polar surface area (TPSA) is 256 Å². The van der Waals surface area contributed by atoms with E-state index >= 15 is 0 Å². The summed E-state index contributed by atoms with van der Waals surface area (Å²) in [6.07, 6.45) is 12.4. The van der Waals surface area contributed by atoms with Crippen molar-refractivity contribution in [2.75, 3.05) is 0 Å². The number of esters is 4. The van der Waals surface area contributed by atoms with E-state index in [0.717, 1.165) is 0 Å². The minimum absolute atomic E-state index is 0.0689. The number of azo groups is 4. The number of carbonyl (C=O) groups is 4. The van der Waals surface area contributed by atoms with Crippen LogP contribution in [0.3, 0.4) is 0 Å². The Labute approximate surface area is 434 Å². The fourth-order valence-corrected chi connectivity index (χ4v) is 8.26. The molecule has 1 aliphatic rings. The molecule has 1 aliphatic carbocycles. The van der Waals surface area contributed by atoms with Gasteiger partial charge in [-0.1, -0.05) is 0 Å². The summed E-state index contributed by atoms with van der Waals surface area (Å²) in [6, 6.07) is 27.4. The van der Waals surface area contributed by atoms with Crippen molar-refractivity contribution in [2.24, 2.45) is 40.9 Å². The van der Waals surface area contributed by atoms with Gasteiger partial charge in [0.1, 0.15) is 45.7 Å². The molecule has 76 heavy (non-hydrogen) atoms. The van der Waals surface area contributed by atoms with Crippen molar-refractivity contribution >= 4 is 69.4 Å². The lowest BCUT2D eigenvalue weighted by atomic mass is 9.90. The zero-order valence-corrected chi connectivity index (χ0v) is 41.3. The van der Waals surface area contributed by atoms with Gasteiger partial charge in [-0.15, -0.1) is 20.5 Å². The van der Waals surface area contributed by atoms with Crippen molar-refractivity contribution in [2.45, 2.75) is 53.4 Å². The van der Waals surface area contributed by atoms with Crippen molar-refractivity contribution < 1.29 is 38.1 Å². The molecule has 0 N–H and O–H groups in total. The molecule has 0 amide bonds. The molecule has 20 heteroatoms. The van der Waals surface area contributed by atoms with Crippen LogP contribution in [0.15, 0.2) is 188 Å². The predicted molar refractivity (Wildman–Crippen MR) is 276 cm³/mol. The molecule has 376 valence electrons. The first-order chi connectivity index (χ1) is 36.9. The summed E-state index contributed by atoms with van der Waals surface area (Å²) in [6.45, 7) is 5.10. The van der Waals surface area contributed by atoms with Crippen LogP contribution in [-0.2, 0) is 44.9 Å². The number of hydrogen-bond acceptors (Lipinski definition) is 20. The van der Waals surface area contributed by atoms with E-state index in [9.17, 15) is 19.2 Å². The van der Waals surface area contributed by atoms with Crippen molar-refractivity contribution in [3.8, 4) is 23.0 Å². The number of nitrogens with zero attached hydrogens (tertiary/aromatic N) is 12. The molecule has 0 saturated carbocycles. The van der Waals surface area contributed by atoms with Crippen LogP contribution in [0.1, 0.15) is 72.2 Å². The Kier molecular flexibility index (Phi) is 15.7. The molecule has 0 spiro atoms. The second-order valence-corrected chi connectivity index (χ2v) is 17.1. The number of fused-ring (bicyclic) bond motifs is 8. The number of benzene rings is 4. The lowest BCUT2D eigenvalue weighted by Crippen LogP contribution is -2.13. The van der Waals surface area contributed by atoms with Gasteiger partial charge in [0.05, 0.1) is 47.5 Å². The minimum Gasteiger partial charge on any atom is -0.426 e. The Morgan fingerprint density at radius 3 is 0.658 bits per heavy atom. The van der Waals surface area contributed by atoms with Gasteiger partial charge in [-0.05, 0) is 97.1 Å². The highest BCUT2D eigenvalue weighted by Crippen LogP contribution is 2.44. The normalized spacial score (nSPS) is 12.3. The standard InChI is InChI=1S/C56H44N12O8/c1-33(69)73-53-37-17-39-23-50(66-62-46-10-6-14-58-30-46)25-41(54(39)74-34(2)70)19-43-27-52(68-64-48-12-8-16-60-32-48)28-44(56(43)76-36(4)72)20-42-26-51(67-63-47-11-7-15-59-31-47)24-40(55(42)75-35(3)71)18-38(53)22-49(21-37)65-61-45-9-5-13-57-29-45/h5-16,21-32H,17-20H2,1-4H3. The van der Waals surface area contributed by atoms with Crippen LogP contribution in [0.4, 0.5) is 45.5 Å². The number of hydrogen-bond donors (Lipinski definition) is 0. The summed E-state index contributed by atoms with van der Waals surface area (Å²) >= 11 is 0. The monoisotopic (exact) mass is 1010 g/mol. The third kappa shape index (κ3) is 13.2. The molecule has 4 heterocycles. The molecule has 0 radical (unpaired) electrons. The number of aromatic nitrogens is 4. The maximum atomic E-state index is 13.3. The highest BCUT2D eigenvalue weighted by atomic mass is 16.5. The minimum atomic E-state index is -0.644. The van der Waals surface area contributed by atoms with E-state index < -0.39 is 23.9 Å². The molecule has 0 atom stereocenters. The Morgan fingerprint density at radius 1 is 0.316 bits per heavy atom. The van der Waals surface area contributed by atoms with Gasteiger partial charge in [0, 0.05) is 123 Å². The van der Waals surface area contributed by atoms with Crippen LogP contribution in [0.2, 0.25) is 0 Å². The van der Waals surface area contributed by atoms with Crippen molar-refractivity contribution in [1.29, 1.82) is 0 Å². The maximum absolute atomic E-state index is 13.3. The third-order valence-corrected chi connectivity index (χ3v) is 11.1. The molecule has 8 aromatic rings. The van der Waals surface area contributed by atoms with Gasteiger partial charge in [-0.3, -0.25) is 39.1 Å². The second-order valence-electron chi connectivity index (χ2n) is 17.1. The molecular weight excluding hydrogens is 969 g/mol. The lowest BCUT2D eigenvalue weighted by molar-refractivity contribution is -0.132. The van der Waals surface area contributed by atoms with E-state index in [0.29, 0.717) is 90.0 Å². The van der Waals surface area contributed by atoms with E-state index in [1.54, 1.807) is 147 Å². The van der Waals surface area contributed by atoms with Crippen LogP contribution in [0, 0.1) is 0 Å². The Bertz CT molecular complexity index is 3050. The molecule has 20 nitrogen and oxygen atoms in total. The van der Waals surface area contributed by atoms with E-state index in [1.165, 1.54) is 27.7 Å². The number of carbonyl (C=O) groups excluding carboxylic acids is 4. The predicted octanol–water partition coefficient (Wildman–Crippen LogP) is 13.3. The Hall–Kier alpha value is -10.2. The highest BCUT2D eigenvalue weighted by molar-refractivity contribution is 5.76. The smallest absolute Gasteiger partial charge is 0.308 e. The van der Waals surface area contributed by atoms with Crippen molar-refractivity contribution in [1.82, 2.24) is 19.9 Å². The summed E-state index contributed by atoms with van der Waals surface area (Å²) in [5.41, 5.74) is 6.44. The SMILES string of the molecule is CC(=O)Oc1c2cc(N=Nc3cccnc3)cc1Cc1cc(N=Nc3cccnc3)cc(c1OC(C)=O)Cc1cc(N=Nc3cccnc3)cc(c1OC(C)=O)Cc1cc(N=Nc3cccnc3)cc(c1OC(C)=O)C2. The number of rotatable bonds is 12. The zero-order chi connectivity index (χ0) is 53.0. The summed E-state index contributed by atoms with van der Waals surface area (Å²) in [7, 11) is 0. The van der Waals surface area contributed by atoms with E-state index in [1.807, 2.05) is 0 Å². The first-order valence-corrected chi connectivity index (χ1v) is 23.5. The van der Waals surface area contributed by atoms with Crippen LogP contribution >= 0.6 is 0 Å². The van der Waals surface area contributed by atoms with Gasteiger partial charge in [-0.25, -0.2) is 0 Å². The van der Waals surface area contributed by atoms with Gasteiger partial charge in [0.25, 0.3) is 0 Å². The quantitative estimate of drug-likeness (QED) is 0.0629. The summed E-state index contributed by atoms with van der Waals surface area (Å²) in [5.74, 6) is -2.02. The van der Waals surface area contributed by atoms with Gasteiger partial charge in [0.2, 0.25) is 0 Å². The Morgan fingerprint density at radius 2 is 0.500 bits per heavy atom. The molecule has 0 unspecified atom stereocenters. The molecule has 8 bridgehead atoms. The first-order valence-electron chi connectivity index (χ1n) is 23.5. The van der Waals surface area contributed by atoms with Crippen LogP contribution in [0.5, 0.6) is 23.0 Å². The summed E-state index contributed by atoms with van der Waals surface area (Å²) in [5, 5.41) is 36.3. The molecule has 9 rings (SSSR count). The van der Waals surface area contributed by atoms with Gasteiger partial charge < -0.3 is 18.9 Å². The highest BCUT2D eigenvalue weighted by Gasteiger charge is 2.27. The van der Waals surface area contributed by atoms with E-state index in [2.05, 4.69) is 60.8 Å². The van der Waals surface area contributed by atoms with Gasteiger partial charge in [0.15, 0.2) is 0 Å². The van der Waals surface area contributed by atoms with Crippen LogP contribution in [0.25, 0.3) is 0 Å². The maximum Gasteiger partial charge on any atom is 0.308 e. The van der Waals surface area contributed by atoms with Gasteiger partial charge >= 0.3 is 23.9 Å². The molecule has 0 fully saturated rings. The average Bonchev–Trinajstić information content (AvgIpc) is 3.40. The number of ether oxygens (including phenoxy) is 4. The Balaban J connectivity index is 1.37.